The number of benzene rings is 1. The first kappa shape index (κ1) is 11.7. The molecule has 2 aliphatic rings. The zero-order chi connectivity index (χ0) is 12.8. The molecule has 0 atom stereocenters. The van der Waals surface area contributed by atoms with Crippen molar-refractivity contribution in [2.45, 2.75) is 17.8 Å². The summed E-state index contributed by atoms with van der Waals surface area (Å²) in [6.45, 7) is 4.55. The summed E-state index contributed by atoms with van der Waals surface area (Å²) < 4.78 is 0.180. The molecule has 1 aromatic carbocycles. The van der Waals surface area contributed by atoms with Gasteiger partial charge in [0.2, 0.25) is 0 Å². The predicted molar refractivity (Wildman–Crippen MR) is 78.4 cm³/mol. The van der Waals surface area contributed by atoms with Crippen molar-refractivity contribution in [2.24, 2.45) is 0 Å². The van der Waals surface area contributed by atoms with E-state index >= 15 is 0 Å². The standard InChI is InChI=1S/C15H14OSi2/c1-17-15(18-2)8-4-5-10-9-12-11(14(10)15)6-3-7-13(12)16/h3-9,16H,1-2H3. The fourth-order valence-electron chi connectivity index (χ4n) is 2.80. The highest BCUT2D eigenvalue weighted by atomic mass is 28.3. The van der Waals surface area contributed by atoms with Crippen LogP contribution >= 0.6 is 0 Å². The molecule has 18 heavy (non-hydrogen) atoms. The van der Waals surface area contributed by atoms with Crippen LogP contribution in [0.15, 0.2) is 42.0 Å². The molecule has 0 unspecified atom stereocenters. The summed E-state index contributed by atoms with van der Waals surface area (Å²) in [5, 5.41) is 12.2. The van der Waals surface area contributed by atoms with Crippen LogP contribution in [0.3, 0.4) is 0 Å². The van der Waals surface area contributed by atoms with Crippen molar-refractivity contribution in [3.63, 3.8) is 0 Å². The fraction of sp³-hybridized carbons (Fsp3) is 0.200. The van der Waals surface area contributed by atoms with Crippen molar-refractivity contribution in [3.8, 4) is 5.75 Å². The largest absolute Gasteiger partial charge is 0.507 e. The molecule has 2 aliphatic carbocycles. The Labute approximate surface area is 112 Å². The molecule has 1 aromatic rings. The first-order valence-corrected chi connectivity index (χ1v) is 9.04. The second-order valence-corrected chi connectivity index (χ2v) is 7.62. The van der Waals surface area contributed by atoms with Gasteiger partial charge in [0.15, 0.2) is 0 Å². The molecule has 0 aromatic heterocycles. The SMILES string of the molecule is C[Si]C1([Si]C)C=CC=C2C=c3c(O)cccc3=C21. The topological polar surface area (TPSA) is 20.2 Å². The minimum atomic E-state index is 0.180. The number of aromatic hydroxyl groups is 1. The Kier molecular flexibility index (Phi) is 2.68. The summed E-state index contributed by atoms with van der Waals surface area (Å²) >= 11 is 0. The minimum Gasteiger partial charge on any atom is -0.507 e. The molecule has 0 aliphatic heterocycles. The molecule has 3 rings (SSSR count). The van der Waals surface area contributed by atoms with E-state index in [2.05, 4.69) is 43.5 Å². The van der Waals surface area contributed by atoms with E-state index in [9.17, 15) is 5.11 Å². The molecular weight excluding hydrogens is 252 g/mol. The number of fused-ring (bicyclic) bond motifs is 2. The molecular formula is C15H14OSi2. The van der Waals surface area contributed by atoms with Crippen LogP contribution in [0, 0.1) is 0 Å². The average molecular weight is 266 g/mol. The molecule has 0 fully saturated rings. The Morgan fingerprint density at radius 2 is 1.94 bits per heavy atom. The molecule has 0 heterocycles. The zero-order valence-corrected chi connectivity index (χ0v) is 12.5. The van der Waals surface area contributed by atoms with Crippen LogP contribution in [0.2, 0.25) is 17.8 Å². The van der Waals surface area contributed by atoms with Crippen molar-refractivity contribution < 1.29 is 5.11 Å². The third kappa shape index (κ3) is 1.44. The van der Waals surface area contributed by atoms with Crippen LogP contribution in [-0.2, 0) is 0 Å². The Morgan fingerprint density at radius 3 is 2.67 bits per heavy atom. The predicted octanol–water partition coefficient (Wildman–Crippen LogP) is 1.45. The Bertz CT molecular complexity index is 679. The van der Waals surface area contributed by atoms with Gasteiger partial charge in [0.05, 0.1) is 0 Å². The van der Waals surface area contributed by atoms with Crippen molar-refractivity contribution in [1.82, 2.24) is 0 Å². The molecule has 0 saturated carbocycles. The van der Waals surface area contributed by atoms with Crippen molar-refractivity contribution >= 4 is 30.7 Å². The first-order valence-electron chi connectivity index (χ1n) is 6.04. The molecule has 0 saturated heterocycles. The maximum Gasteiger partial charge on any atom is 0.123 e. The van der Waals surface area contributed by atoms with E-state index in [1.54, 1.807) is 6.07 Å². The summed E-state index contributed by atoms with van der Waals surface area (Å²) in [6.07, 6.45) is 8.80. The van der Waals surface area contributed by atoms with Gasteiger partial charge in [-0.15, -0.1) is 0 Å². The third-order valence-corrected chi connectivity index (χ3v) is 7.66. The molecule has 0 bridgehead atoms. The van der Waals surface area contributed by atoms with E-state index in [4.69, 9.17) is 0 Å². The van der Waals surface area contributed by atoms with E-state index < -0.39 is 0 Å². The van der Waals surface area contributed by atoms with Gasteiger partial charge in [-0.05, 0) is 33.2 Å². The van der Waals surface area contributed by atoms with Crippen LogP contribution in [0.25, 0.3) is 11.6 Å². The molecule has 0 amide bonds. The van der Waals surface area contributed by atoms with Gasteiger partial charge >= 0.3 is 0 Å². The highest BCUT2D eigenvalue weighted by molar-refractivity contribution is 6.66. The molecule has 3 heteroatoms. The Balaban J connectivity index is 2.42. The van der Waals surface area contributed by atoms with E-state index in [1.165, 1.54) is 16.4 Å². The highest BCUT2D eigenvalue weighted by Crippen LogP contribution is 2.44. The van der Waals surface area contributed by atoms with Crippen LogP contribution in [-0.4, -0.2) is 24.1 Å². The van der Waals surface area contributed by atoms with E-state index in [1.807, 2.05) is 6.07 Å². The normalized spacial score (nSPS) is 19.0. The maximum atomic E-state index is 10.0. The minimum absolute atomic E-state index is 0.180. The van der Waals surface area contributed by atoms with Gasteiger partial charge < -0.3 is 5.11 Å². The summed E-state index contributed by atoms with van der Waals surface area (Å²) in [6, 6.07) is 5.85. The lowest BCUT2D eigenvalue weighted by atomic mass is 9.98. The summed E-state index contributed by atoms with van der Waals surface area (Å²) in [5.74, 6) is 0.392. The Morgan fingerprint density at radius 1 is 1.17 bits per heavy atom. The van der Waals surface area contributed by atoms with Crippen LogP contribution in [0.1, 0.15) is 0 Å². The highest BCUT2D eigenvalue weighted by Gasteiger charge is 2.34. The van der Waals surface area contributed by atoms with Gasteiger partial charge in [0, 0.05) is 24.3 Å². The summed E-state index contributed by atoms with van der Waals surface area (Å²) in [5.41, 5.74) is 2.69. The molecule has 4 radical (unpaired) electrons. The van der Waals surface area contributed by atoms with Crippen molar-refractivity contribution in [3.05, 3.63) is 52.4 Å². The molecule has 1 nitrogen and oxygen atoms in total. The van der Waals surface area contributed by atoms with Crippen molar-refractivity contribution in [2.75, 3.05) is 0 Å². The lowest BCUT2D eigenvalue weighted by Crippen LogP contribution is -2.32. The monoisotopic (exact) mass is 266 g/mol. The number of phenols is 1. The quantitative estimate of drug-likeness (QED) is 0.804. The number of rotatable bonds is 2. The van der Waals surface area contributed by atoms with E-state index in [-0.39, 0.29) is 4.66 Å². The lowest BCUT2D eigenvalue weighted by molar-refractivity contribution is 0.470. The third-order valence-electron chi connectivity index (χ3n) is 3.75. The average Bonchev–Trinajstić information content (AvgIpc) is 2.79. The van der Waals surface area contributed by atoms with E-state index in [0.29, 0.717) is 5.75 Å². The van der Waals surface area contributed by atoms with Gasteiger partial charge in [-0.1, -0.05) is 43.5 Å². The summed E-state index contributed by atoms with van der Waals surface area (Å²) in [7, 11) is 1.69. The number of hydrogen-bond acceptors (Lipinski definition) is 1. The van der Waals surface area contributed by atoms with Crippen LogP contribution in [0.4, 0.5) is 0 Å². The smallest absolute Gasteiger partial charge is 0.123 e. The number of hydrogen-bond donors (Lipinski definition) is 1. The zero-order valence-electron chi connectivity index (χ0n) is 10.5. The van der Waals surface area contributed by atoms with E-state index in [0.717, 1.165) is 24.3 Å². The second-order valence-electron chi connectivity index (χ2n) is 4.55. The molecule has 88 valence electrons. The number of allylic oxidation sites excluding steroid dienone is 4. The first-order chi connectivity index (χ1) is 8.72. The second kappa shape index (κ2) is 4.10. The van der Waals surface area contributed by atoms with Crippen LogP contribution in [0.5, 0.6) is 5.75 Å². The van der Waals surface area contributed by atoms with Gasteiger partial charge in [-0.3, -0.25) is 0 Å². The Hall–Kier alpha value is -1.33. The van der Waals surface area contributed by atoms with Crippen LogP contribution < -0.4 is 10.4 Å². The summed E-state index contributed by atoms with van der Waals surface area (Å²) in [4.78, 5) is 0. The van der Waals surface area contributed by atoms with Crippen molar-refractivity contribution in [1.29, 1.82) is 0 Å². The van der Waals surface area contributed by atoms with Gasteiger partial charge in [0.1, 0.15) is 5.75 Å². The number of phenolic OH excluding ortho intramolecular Hbond substituents is 1. The van der Waals surface area contributed by atoms with Gasteiger partial charge in [-0.2, -0.15) is 0 Å². The fourth-order valence-corrected chi connectivity index (χ4v) is 5.38. The lowest BCUT2D eigenvalue weighted by Gasteiger charge is -2.32. The molecule has 0 spiro atoms. The van der Waals surface area contributed by atoms with Gasteiger partial charge in [-0.25, -0.2) is 0 Å². The van der Waals surface area contributed by atoms with Gasteiger partial charge in [0.25, 0.3) is 0 Å². The molecule has 1 N–H and O–H groups in total. The maximum absolute atomic E-state index is 10.0.